The molecule has 0 bridgehead atoms. The molecule has 0 amide bonds. The minimum atomic E-state index is -0.857. The van der Waals surface area contributed by atoms with Gasteiger partial charge in [-0.3, -0.25) is 0 Å². The summed E-state index contributed by atoms with van der Waals surface area (Å²) in [6, 6.07) is 8.37. The van der Waals surface area contributed by atoms with E-state index in [1.54, 1.807) is 0 Å². The summed E-state index contributed by atoms with van der Waals surface area (Å²) in [5, 5.41) is 21.0. The third-order valence-electron chi connectivity index (χ3n) is 8.33. The van der Waals surface area contributed by atoms with Crippen molar-refractivity contribution in [2.24, 2.45) is 33.5 Å². The summed E-state index contributed by atoms with van der Waals surface area (Å²) in [5.74, 6) is -1.40. The van der Waals surface area contributed by atoms with Crippen LogP contribution in [0.3, 0.4) is 0 Å². The number of carbonyl (C=O) groups is 2. The first kappa shape index (κ1) is 37.6. The van der Waals surface area contributed by atoms with Crippen LogP contribution in [0.25, 0.3) is 0 Å². The van der Waals surface area contributed by atoms with Crippen molar-refractivity contribution in [3.63, 3.8) is 0 Å². The third-order valence-corrected chi connectivity index (χ3v) is 8.33. The van der Waals surface area contributed by atoms with Gasteiger partial charge in [-0.2, -0.15) is 0 Å². The van der Waals surface area contributed by atoms with Gasteiger partial charge in [0.2, 0.25) is 0 Å². The van der Waals surface area contributed by atoms with Crippen molar-refractivity contribution in [3.8, 4) is 0 Å². The van der Waals surface area contributed by atoms with Crippen LogP contribution in [0.2, 0.25) is 0 Å². The Morgan fingerprint density at radius 1 is 0.500 bits per heavy atom. The zero-order chi connectivity index (χ0) is 34.0. The van der Waals surface area contributed by atoms with Crippen LogP contribution in [0.15, 0.2) is 24.3 Å². The Morgan fingerprint density at radius 2 is 0.750 bits per heavy atom. The SMILES string of the molecule is CC(Cc1ccc(CC(C)(C)C)c(CC(C)(C)C)c1C(=O)O)C(C)Cc1ccc(CC(C)(C)C)c(CC(C)(C)C)c1C(=O)O. The number of hydrogen-bond acceptors (Lipinski definition) is 2. The molecule has 0 aliphatic heterocycles. The van der Waals surface area contributed by atoms with E-state index in [2.05, 4.69) is 109 Å². The molecule has 2 aromatic rings. The van der Waals surface area contributed by atoms with Crippen molar-refractivity contribution in [2.75, 3.05) is 0 Å². The second-order valence-corrected chi connectivity index (χ2v) is 18.4. The highest BCUT2D eigenvalue weighted by Crippen LogP contribution is 2.36. The molecule has 4 heteroatoms. The van der Waals surface area contributed by atoms with Crippen LogP contribution in [-0.4, -0.2) is 22.2 Å². The lowest BCUT2D eigenvalue weighted by molar-refractivity contribution is 0.0681. The van der Waals surface area contributed by atoms with Crippen molar-refractivity contribution < 1.29 is 19.8 Å². The van der Waals surface area contributed by atoms with E-state index in [0.29, 0.717) is 36.8 Å². The molecule has 0 aromatic heterocycles. The van der Waals surface area contributed by atoms with Crippen molar-refractivity contribution in [3.05, 3.63) is 68.8 Å². The normalized spacial score (nSPS) is 14.4. The van der Waals surface area contributed by atoms with Crippen LogP contribution in [0, 0.1) is 33.5 Å². The first-order valence-corrected chi connectivity index (χ1v) is 16.5. The summed E-state index contributed by atoms with van der Waals surface area (Å²) in [4.78, 5) is 25.7. The molecule has 0 saturated carbocycles. The second-order valence-electron chi connectivity index (χ2n) is 18.4. The van der Waals surface area contributed by atoms with E-state index in [0.717, 1.165) is 46.2 Å². The average Bonchev–Trinajstić information content (AvgIpc) is 2.78. The Balaban J connectivity index is 2.54. The molecule has 2 N–H and O–H groups in total. The number of carboxylic acids is 2. The fourth-order valence-electron chi connectivity index (χ4n) is 6.39. The van der Waals surface area contributed by atoms with Crippen LogP contribution in [0.5, 0.6) is 0 Å². The number of hydrogen-bond donors (Lipinski definition) is 2. The van der Waals surface area contributed by atoms with E-state index < -0.39 is 11.9 Å². The number of rotatable bonds is 11. The van der Waals surface area contributed by atoms with Crippen LogP contribution in [0.4, 0.5) is 0 Å². The van der Waals surface area contributed by atoms with Gasteiger partial charge in [0.05, 0.1) is 11.1 Å². The molecule has 0 aliphatic rings. The molecule has 0 heterocycles. The molecular formula is C40H62O4. The maximum atomic E-state index is 12.8. The number of benzene rings is 2. The van der Waals surface area contributed by atoms with E-state index in [1.807, 2.05) is 12.1 Å². The fraction of sp³-hybridized carbons (Fsp3) is 0.650. The van der Waals surface area contributed by atoms with E-state index in [4.69, 9.17) is 0 Å². The molecule has 0 spiro atoms. The lowest BCUT2D eigenvalue weighted by Gasteiger charge is -2.29. The van der Waals surface area contributed by atoms with E-state index in [-0.39, 0.29) is 33.5 Å². The molecule has 4 nitrogen and oxygen atoms in total. The van der Waals surface area contributed by atoms with Gasteiger partial charge >= 0.3 is 11.9 Å². The smallest absolute Gasteiger partial charge is 0.336 e. The minimum Gasteiger partial charge on any atom is -0.478 e. The van der Waals surface area contributed by atoms with E-state index >= 15 is 0 Å². The predicted molar refractivity (Wildman–Crippen MR) is 185 cm³/mol. The van der Waals surface area contributed by atoms with E-state index in [9.17, 15) is 19.8 Å². The summed E-state index contributed by atoms with van der Waals surface area (Å²) < 4.78 is 0. The van der Waals surface area contributed by atoms with Crippen molar-refractivity contribution in [2.45, 2.75) is 135 Å². The highest BCUT2D eigenvalue weighted by Gasteiger charge is 2.29. The van der Waals surface area contributed by atoms with E-state index in [1.165, 1.54) is 0 Å². The molecule has 246 valence electrons. The van der Waals surface area contributed by atoms with Crippen LogP contribution in [0.1, 0.15) is 151 Å². The largest absolute Gasteiger partial charge is 0.478 e. The monoisotopic (exact) mass is 606 g/mol. The maximum absolute atomic E-state index is 12.8. The van der Waals surface area contributed by atoms with Gasteiger partial charge in [0.25, 0.3) is 0 Å². The standard InChI is InChI=1S/C40H62O4/c1-25(19-27-15-17-29(21-37(3,4)5)31(23-39(9,10)11)33(27)35(41)42)26(2)20-28-16-18-30(22-38(6,7)8)32(24-40(12,13)14)34(28)36(43)44/h15-18,25-26H,19-24H2,1-14H3,(H,41,42)(H,43,44). The van der Waals surface area contributed by atoms with Crippen molar-refractivity contribution >= 4 is 11.9 Å². The minimum absolute atomic E-state index is 0.0435. The molecule has 0 fully saturated rings. The van der Waals surface area contributed by atoms with Gasteiger partial charge in [-0.05, 0) is 105 Å². The van der Waals surface area contributed by atoms with Crippen LogP contribution >= 0.6 is 0 Å². The topological polar surface area (TPSA) is 74.6 Å². The van der Waals surface area contributed by atoms with Gasteiger partial charge in [-0.1, -0.05) is 121 Å². The summed E-state index contributed by atoms with van der Waals surface area (Å²) in [6.45, 7) is 30.5. The molecule has 0 aliphatic carbocycles. The Bertz CT molecular complexity index is 1220. The van der Waals surface area contributed by atoms with Gasteiger partial charge in [0, 0.05) is 0 Å². The molecular weight excluding hydrogens is 544 g/mol. The van der Waals surface area contributed by atoms with Crippen LogP contribution < -0.4 is 0 Å². The second kappa shape index (κ2) is 13.8. The lowest BCUT2D eigenvalue weighted by Crippen LogP contribution is -2.23. The molecule has 2 atom stereocenters. The first-order valence-electron chi connectivity index (χ1n) is 16.5. The summed E-state index contributed by atoms with van der Waals surface area (Å²) in [7, 11) is 0. The zero-order valence-corrected chi connectivity index (χ0v) is 30.4. The summed E-state index contributed by atoms with van der Waals surface area (Å²) in [6.07, 6.45) is 4.33. The fourth-order valence-corrected chi connectivity index (χ4v) is 6.39. The average molecular weight is 607 g/mol. The van der Waals surface area contributed by atoms with Gasteiger partial charge in [0.15, 0.2) is 0 Å². The molecule has 2 rings (SSSR count). The van der Waals surface area contributed by atoms with Crippen LogP contribution in [-0.2, 0) is 38.5 Å². The predicted octanol–water partition coefficient (Wildman–Crippen LogP) is 10.5. The van der Waals surface area contributed by atoms with Gasteiger partial charge < -0.3 is 10.2 Å². The Labute approximate surface area is 269 Å². The number of aromatic carboxylic acids is 2. The molecule has 2 aromatic carbocycles. The Kier molecular flexibility index (Phi) is 11.8. The lowest BCUT2D eigenvalue weighted by atomic mass is 9.76. The van der Waals surface area contributed by atoms with Gasteiger partial charge in [0.1, 0.15) is 0 Å². The first-order chi connectivity index (χ1) is 19.8. The summed E-state index contributed by atoms with van der Waals surface area (Å²) >= 11 is 0. The van der Waals surface area contributed by atoms with Gasteiger partial charge in [-0.25, -0.2) is 9.59 Å². The Hall–Kier alpha value is -2.62. The van der Waals surface area contributed by atoms with Crippen molar-refractivity contribution in [1.82, 2.24) is 0 Å². The zero-order valence-electron chi connectivity index (χ0n) is 30.4. The number of carboxylic acid groups (broad SMARTS) is 2. The molecule has 2 unspecified atom stereocenters. The molecule has 44 heavy (non-hydrogen) atoms. The highest BCUT2D eigenvalue weighted by molar-refractivity contribution is 5.92. The molecule has 0 radical (unpaired) electrons. The van der Waals surface area contributed by atoms with Gasteiger partial charge in [-0.15, -0.1) is 0 Å². The Morgan fingerprint density at radius 3 is 0.977 bits per heavy atom. The molecule has 0 saturated heterocycles. The summed E-state index contributed by atoms with van der Waals surface area (Å²) in [5.41, 5.74) is 6.85. The third kappa shape index (κ3) is 11.4. The quantitative estimate of drug-likeness (QED) is 0.267. The maximum Gasteiger partial charge on any atom is 0.336 e. The highest BCUT2D eigenvalue weighted by atomic mass is 16.4. The van der Waals surface area contributed by atoms with Crippen molar-refractivity contribution in [1.29, 1.82) is 0 Å².